The third kappa shape index (κ3) is 17.5. The van der Waals surface area contributed by atoms with E-state index >= 15 is 0 Å². The number of aliphatic hydroxyl groups is 20. The van der Waals surface area contributed by atoms with Gasteiger partial charge in [0.25, 0.3) is 0 Å². The summed E-state index contributed by atoms with van der Waals surface area (Å²) < 4.78 is 105. The quantitative estimate of drug-likeness (QED) is 0.0534. The molecule has 38 nitrogen and oxygen atoms in total. The van der Waals surface area contributed by atoms with Crippen molar-refractivity contribution in [3.63, 3.8) is 0 Å². The van der Waals surface area contributed by atoms with E-state index in [1.807, 2.05) is 0 Å². The Morgan fingerprint density at radius 3 is 0.663 bits per heavy atom. The molecule has 38 heteroatoms. The van der Waals surface area contributed by atoms with Crippen LogP contribution in [-0.4, -0.2) is 410 Å². The van der Waals surface area contributed by atoms with Crippen molar-refractivity contribution in [1.82, 2.24) is 0 Å². The van der Waals surface area contributed by atoms with Crippen LogP contribution in [0.15, 0.2) is 0 Å². The fourth-order valence-corrected chi connectivity index (χ4v) is 11.7. The van der Waals surface area contributed by atoms with Crippen LogP contribution in [0.5, 0.6) is 0 Å². The highest BCUT2D eigenvalue weighted by molar-refractivity contribution is 5.02. The fourth-order valence-electron chi connectivity index (χ4n) is 11.7. The Kier molecular flexibility index (Phi) is 28.6. The minimum Gasteiger partial charge on any atom is -0.394 e. The number of hydrogen-bond donors (Lipinski definition) is 20. The third-order valence-corrected chi connectivity index (χ3v) is 17.0. The number of hydrogen-bond acceptors (Lipinski definition) is 38. The molecule has 0 aromatic rings. The van der Waals surface area contributed by atoms with Crippen molar-refractivity contribution < 1.29 is 187 Å². The zero-order chi connectivity index (χ0) is 67.0. The number of aliphatic hydroxyl groups excluding tert-OH is 20. The predicted octanol–water partition coefficient (Wildman–Crippen LogP) is -12.7. The second-order valence-electron chi connectivity index (χ2n) is 24.6. The summed E-state index contributed by atoms with van der Waals surface area (Å²) >= 11 is 0. The monoisotopic (exact) mass is 1350 g/mol. The van der Waals surface area contributed by atoms with Crippen molar-refractivity contribution in [3.8, 4) is 0 Å². The molecule has 0 aromatic carbocycles. The number of fused-ring (bicyclic) bond motifs is 7. The highest BCUT2D eigenvalue weighted by Crippen LogP contribution is 2.39. The summed E-state index contributed by atoms with van der Waals surface area (Å²) in [6.07, 6.45) is -68.9. The van der Waals surface area contributed by atoms with Crippen molar-refractivity contribution in [1.29, 1.82) is 0 Å². The molecule has 15 heterocycles. The Balaban J connectivity index is 1.06. The van der Waals surface area contributed by atoms with E-state index in [9.17, 15) is 102 Å². The first kappa shape index (κ1) is 76.2. The summed E-state index contributed by atoms with van der Waals surface area (Å²) in [5, 5.41) is 224. The smallest absolute Gasteiger partial charge is 0.187 e. The van der Waals surface area contributed by atoms with Crippen molar-refractivity contribution in [2.75, 3.05) is 92.5 Å². The first-order chi connectivity index (χ1) is 43.8. The molecular formula is C54H94O38. The van der Waals surface area contributed by atoms with Gasteiger partial charge in [0.2, 0.25) is 0 Å². The van der Waals surface area contributed by atoms with E-state index in [-0.39, 0.29) is 38.4 Å². The van der Waals surface area contributed by atoms with Crippen molar-refractivity contribution >= 4 is 0 Å². The van der Waals surface area contributed by atoms with Crippen LogP contribution in [0.1, 0.15) is 27.2 Å². The molecule has 538 valence electrons. The van der Waals surface area contributed by atoms with Gasteiger partial charge in [0.1, 0.15) is 171 Å². The maximum absolute atomic E-state index is 12.2. The average Bonchev–Trinajstić information content (AvgIpc) is 0.796. The molecule has 0 amide bonds. The summed E-state index contributed by atoms with van der Waals surface area (Å²) in [7, 11) is 0. The summed E-state index contributed by atoms with van der Waals surface area (Å²) in [6, 6.07) is 0. The van der Waals surface area contributed by atoms with Crippen LogP contribution >= 0.6 is 0 Å². The van der Waals surface area contributed by atoms with Crippen molar-refractivity contribution in [2.45, 2.75) is 242 Å². The van der Waals surface area contributed by atoms with Gasteiger partial charge in [-0.15, -0.1) is 0 Å². The van der Waals surface area contributed by atoms with E-state index in [1.165, 1.54) is 0 Å². The van der Waals surface area contributed by atoms with Crippen LogP contribution < -0.4 is 0 Å². The lowest BCUT2D eigenvalue weighted by Gasteiger charge is -2.50. The van der Waals surface area contributed by atoms with E-state index in [4.69, 9.17) is 85.3 Å². The van der Waals surface area contributed by atoms with Crippen LogP contribution in [0, 0.1) is 5.41 Å². The standard InChI is InChI=1S/C54H94O38/c1-54(2,3)4-5-75-6-7-76-8-9-77-10-11-78-46-38(74)45-25(18-61)85-53(46)92-44-24(17-60)84-51(37(73)31(44)67)90-42-22(15-58)82-49(35(71)29(42)65)88-40-20(13-56)80-47(33(69)27(40)63)86-39-19(12-55)79-48(32(68)26(39)62)87-41-21(14-57)81-50(34(70)28(41)64)89-43-23(16-59)83-52(91-45)36(72)30(43)66/h19-53,55-74H,4-18H2,1-3H3/t19-,20-,21-,22-,23-,24-,25-,26-,27-,28-,29-,30-,31-,32-,33-,34-,35-,36-,37-,38+,39-,40-,41-,42-,43-,44-,45-,46-,47-,48-,49-,50?,51-,52-,53-/m1/s1. The summed E-state index contributed by atoms with van der Waals surface area (Å²) in [5.74, 6) is 0. The Hall–Kier alpha value is -1.52. The Labute approximate surface area is 526 Å². The van der Waals surface area contributed by atoms with Gasteiger partial charge in [-0.05, 0) is 11.8 Å². The largest absolute Gasteiger partial charge is 0.394 e. The molecule has 1 unspecified atom stereocenters. The fraction of sp³-hybridized carbons (Fsp3) is 1.00. The molecule has 20 N–H and O–H groups in total. The van der Waals surface area contributed by atoms with Gasteiger partial charge < -0.3 is 187 Å². The Bertz CT molecular complexity index is 2130. The van der Waals surface area contributed by atoms with E-state index in [0.29, 0.717) is 13.2 Å². The first-order valence-corrected chi connectivity index (χ1v) is 30.5. The summed E-state index contributed by atoms with van der Waals surface area (Å²) in [6.45, 7) is -0.252. The van der Waals surface area contributed by atoms with E-state index in [2.05, 4.69) is 20.8 Å². The van der Waals surface area contributed by atoms with Gasteiger partial charge in [-0.2, -0.15) is 0 Å². The lowest BCUT2D eigenvalue weighted by molar-refractivity contribution is -0.398. The molecule has 15 fully saturated rings. The molecule has 0 aromatic heterocycles. The molecule has 35 atom stereocenters. The van der Waals surface area contributed by atoms with Crippen LogP contribution in [0.4, 0.5) is 0 Å². The lowest BCUT2D eigenvalue weighted by Crippen LogP contribution is -2.68. The van der Waals surface area contributed by atoms with Crippen molar-refractivity contribution in [3.05, 3.63) is 0 Å². The zero-order valence-electron chi connectivity index (χ0n) is 50.6. The van der Waals surface area contributed by atoms with Gasteiger partial charge >= 0.3 is 0 Å². The molecule has 0 aliphatic carbocycles. The summed E-state index contributed by atoms with van der Waals surface area (Å²) in [4.78, 5) is 0. The SMILES string of the molecule is CC(C)(C)CCOCCOCCOCCO[C@H]1[C@H]2O[C@H]3[C@H](O)[C@@H](O)[C@@H](O[C@H]4[C@H](O)[C@@H](O)[C@@H](O[C@H]5[C@H](O)[C@@H](O)[C@@H](O[C@H]6[C@H](O)[C@@H](O)[C@@H](O[C@H]7[C@H](O)[C@@H](O)C(O[C@H]8[C@H](O)[C@@H](O)[C@@H](O[C@@H]([C@@H]1O)[C@@H](CO)O2)O[C@@H]8CO)O[C@@H]7CO)O[C@@H]6CO)O[C@@H]5CO)O[C@@H]4CO)O[C@@H]3CO. The Morgan fingerprint density at radius 1 is 0.239 bits per heavy atom. The van der Waals surface area contributed by atoms with E-state index in [1.54, 1.807) is 0 Å². The van der Waals surface area contributed by atoms with Gasteiger partial charge in [-0.25, -0.2) is 0 Å². The topological polar surface area (TPSA) is 571 Å². The van der Waals surface area contributed by atoms with Crippen molar-refractivity contribution in [2.24, 2.45) is 5.41 Å². The molecule has 0 radical (unpaired) electrons. The molecule has 0 spiro atoms. The van der Waals surface area contributed by atoms with Gasteiger partial charge in [-0.3, -0.25) is 0 Å². The van der Waals surface area contributed by atoms with Crippen LogP contribution in [0.2, 0.25) is 0 Å². The first-order valence-electron chi connectivity index (χ1n) is 30.5. The number of rotatable bonds is 19. The van der Waals surface area contributed by atoms with Gasteiger partial charge in [0, 0.05) is 6.61 Å². The van der Waals surface area contributed by atoms with Gasteiger partial charge in [0.05, 0.1) is 85.9 Å². The molecule has 15 aliphatic rings. The zero-order valence-corrected chi connectivity index (χ0v) is 50.6. The maximum Gasteiger partial charge on any atom is 0.187 e. The second-order valence-corrected chi connectivity index (χ2v) is 24.6. The molecule has 14 bridgehead atoms. The normalized spacial score (nSPS) is 48.5. The van der Waals surface area contributed by atoms with Crippen LogP contribution in [0.3, 0.4) is 0 Å². The van der Waals surface area contributed by atoms with E-state index in [0.717, 1.165) is 6.42 Å². The Morgan fingerprint density at radius 2 is 0.435 bits per heavy atom. The van der Waals surface area contributed by atoms with Gasteiger partial charge in [0.15, 0.2) is 44.0 Å². The minimum absolute atomic E-state index is 0.0555. The molecular weight excluding hydrogens is 1260 g/mol. The molecule has 15 rings (SSSR count). The average molecular weight is 1350 g/mol. The molecule has 92 heavy (non-hydrogen) atoms. The van der Waals surface area contributed by atoms with Crippen LogP contribution in [0.25, 0.3) is 0 Å². The highest BCUT2D eigenvalue weighted by Gasteiger charge is 2.60. The lowest BCUT2D eigenvalue weighted by atomic mass is 9.93. The summed E-state index contributed by atoms with van der Waals surface area (Å²) in [5.41, 5.74) is 0.0909. The minimum atomic E-state index is -2.22. The van der Waals surface area contributed by atoms with E-state index < -0.39 is 261 Å². The molecule has 15 saturated heterocycles. The molecule has 15 aliphatic heterocycles. The second kappa shape index (κ2) is 34.5. The highest BCUT2D eigenvalue weighted by atomic mass is 16.8. The predicted molar refractivity (Wildman–Crippen MR) is 289 cm³/mol. The molecule has 0 saturated carbocycles. The number of ether oxygens (including phenoxy) is 18. The van der Waals surface area contributed by atoms with Crippen LogP contribution in [-0.2, 0) is 85.3 Å². The third-order valence-electron chi connectivity index (χ3n) is 17.0. The maximum atomic E-state index is 12.2. The van der Waals surface area contributed by atoms with Gasteiger partial charge in [-0.1, -0.05) is 20.8 Å².